The Morgan fingerprint density at radius 1 is 0.744 bits per heavy atom. The number of rotatable bonds is 17. The smallest absolute Gasteiger partial charge is 0.480 e. The minimum absolute atomic E-state index is 0.127. The molecular weight excluding hydrogens is 562 g/mol. The fourth-order valence-corrected chi connectivity index (χ4v) is 4.11. The summed E-state index contributed by atoms with van der Waals surface area (Å²) >= 11 is 0. The second-order valence-electron chi connectivity index (χ2n) is 9.86. The minimum atomic E-state index is -1.44. The topological polar surface area (TPSA) is 170 Å². The number of carbonyl (C=O) groups is 4. The lowest BCUT2D eigenvalue weighted by Crippen LogP contribution is -2.40. The molecule has 0 fully saturated rings. The third-order valence-electron chi connectivity index (χ3n) is 6.37. The van der Waals surface area contributed by atoms with Gasteiger partial charge in [-0.1, -0.05) is 70.7 Å². The van der Waals surface area contributed by atoms with E-state index in [1.165, 1.54) is 18.2 Å². The summed E-state index contributed by atoms with van der Waals surface area (Å²) in [6.07, 6.45) is 1.88. The molecule has 0 saturated carbocycles. The molecule has 12 nitrogen and oxygen atoms in total. The van der Waals surface area contributed by atoms with Crippen molar-refractivity contribution in [2.24, 2.45) is 11.7 Å². The van der Waals surface area contributed by atoms with E-state index in [1.54, 1.807) is 37.3 Å². The lowest BCUT2D eigenvalue weighted by atomic mass is 9.82. The zero-order valence-electron chi connectivity index (χ0n) is 24.8. The van der Waals surface area contributed by atoms with Gasteiger partial charge in [0.2, 0.25) is 0 Å². The predicted molar refractivity (Wildman–Crippen MR) is 155 cm³/mol. The molecule has 2 aromatic rings. The normalized spacial score (nSPS) is 12.7. The molecular formula is C31H41NO11. The Morgan fingerprint density at radius 2 is 1.30 bits per heavy atom. The number of para-hydroxylation sites is 1. The molecule has 0 spiro atoms. The summed E-state index contributed by atoms with van der Waals surface area (Å²) in [7, 11) is 0. The van der Waals surface area contributed by atoms with Crippen LogP contribution in [0.1, 0.15) is 70.8 Å². The predicted octanol–water partition coefficient (Wildman–Crippen LogP) is 6.45. The fraction of sp³-hybridized carbons (Fsp3) is 0.484. The first kappa shape index (κ1) is 34.9. The molecule has 0 radical (unpaired) electrons. The van der Waals surface area contributed by atoms with Gasteiger partial charge < -0.3 is 39.3 Å². The van der Waals surface area contributed by atoms with Crippen LogP contribution in [0.15, 0.2) is 48.5 Å². The van der Waals surface area contributed by atoms with Crippen molar-refractivity contribution in [3.05, 3.63) is 54.1 Å². The van der Waals surface area contributed by atoms with Gasteiger partial charge in [-0.05, 0) is 48.6 Å². The van der Waals surface area contributed by atoms with Gasteiger partial charge in [0.15, 0.2) is 11.5 Å². The molecule has 236 valence electrons. The van der Waals surface area contributed by atoms with Crippen LogP contribution < -0.4 is 19.9 Å². The van der Waals surface area contributed by atoms with Crippen molar-refractivity contribution < 1.29 is 52.7 Å². The van der Waals surface area contributed by atoms with Crippen LogP contribution in [0, 0.1) is 5.92 Å². The number of nitrogens with two attached hydrogens (primary N) is 1. The van der Waals surface area contributed by atoms with Gasteiger partial charge in [-0.25, -0.2) is 14.4 Å². The average molecular weight is 604 g/mol. The molecule has 0 saturated heterocycles. The Labute approximate surface area is 251 Å². The summed E-state index contributed by atoms with van der Waals surface area (Å²) in [6, 6.07) is 11.0. The molecule has 0 aliphatic rings. The molecule has 0 aliphatic heterocycles. The maximum absolute atomic E-state index is 12.4. The van der Waals surface area contributed by atoms with Crippen LogP contribution in [-0.2, 0) is 19.0 Å². The number of hydrogen-bond acceptors (Lipinski definition) is 11. The highest BCUT2D eigenvalue weighted by atomic mass is 16.7. The number of aliphatic carboxylic acids is 1. The number of ether oxygens (including phenoxy) is 6. The lowest BCUT2D eigenvalue weighted by Gasteiger charge is -2.27. The molecule has 43 heavy (non-hydrogen) atoms. The number of carboxylic acid groups (broad SMARTS) is 1. The standard InChI is InChI=1S/C31H41NO11/c1-4-6-11-17-38-29(35)42-24-16-15-22(19-25(24)43-30(36)39-18-12-7-5-2)26(27(32)28(33)34)21(3)20-40-31(37)41-23-13-9-8-10-14-23/h8-10,13-16,19,21,26-27H,4-7,11-12,17-18,20,32H2,1-3H3,(H,33,34)/t21?,26?,27-/m0/s1. The molecule has 2 aromatic carbocycles. The van der Waals surface area contributed by atoms with Crippen LogP contribution in [0.5, 0.6) is 17.2 Å². The Balaban J connectivity index is 2.26. The Bertz CT molecular complexity index is 1170. The molecule has 2 rings (SSSR count). The van der Waals surface area contributed by atoms with Crippen molar-refractivity contribution in [2.75, 3.05) is 19.8 Å². The lowest BCUT2D eigenvalue weighted by molar-refractivity contribution is -0.139. The summed E-state index contributed by atoms with van der Waals surface area (Å²) in [5.41, 5.74) is 6.38. The molecule has 0 aliphatic carbocycles. The molecule has 12 heteroatoms. The summed E-state index contributed by atoms with van der Waals surface area (Å²) < 4.78 is 31.2. The van der Waals surface area contributed by atoms with Crippen LogP contribution in [0.3, 0.4) is 0 Å². The highest BCUT2D eigenvalue weighted by Crippen LogP contribution is 2.36. The number of carboxylic acids is 1. The number of unbranched alkanes of at least 4 members (excludes halogenated alkanes) is 4. The third-order valence-corrected chi connectivity index (χ3v) is 6.37. The van der Waals surface area contributed by atoms with Crippen LogP contribution in [0.2, 0.25) is 0 Å². The van der Waals surface area contributed by atoms with Gasteiger partial charge >= 0.3 is 24.4 Å². The third kappa shape index (κ3) is 12.6. The van der Waals surface area contributed by atoms with E-state index in [2.05, 4.69) is 0 Å². The van der Waals surface area contributed by atoms with E-state index in [9.17, 15) is 24.3 Å². The first-order valence-corrected chi connectivity index (χ1v) is 14.4. The van der Waals surface area contributed by atoms with Gasteiger partial charge in [0.05, 0.1) is 19.8 Å². The van der Waals surface area contributed by atoms with E-state index >= 15 is 0 Å². The maximum Gasteiger partial charge on any atom is 0.513 e. The second kappa shape index (κ2) is 19.0. The zero-order valence-corrected chi connectivity index (χ0v) is 24.8. The molecule has 3 atom stereocenters. The van der Waals surface area contributed by atoms with Crippen molar-refractivity contribution in [1.29, 1.82) is 0 Å². The highest BCUT2D eigenvalue weighted by molar-refractivity contribution is 5.75. The molecule has 0 bridgehead atoms. The van der Waals surface area contributed by atoms with Gasteiger partial charge in [0, 0.05) is 5.92 Å². The zero-order chi connectivity index (χ0) is 31.6. The van der Waals surface area contributed by atoms with Crippen LogP contribution >= 0.6 is 0 Å². The van der Waals surface area contributed by atoms with Gasteiger partial charge in [0.1, 0.15) is 11.8 Å². The number of carbonyl (C=O) groups excluding carboxylic acids is 3. The van der Waals surface area contributed by atoms with Crippen molar-refractivity contribution >= 4 is 24.4 Å². The van der Waals surface area contributed by atoms with E-state index < -0.39 is 42.3 Å². The van der Waals surface area contributed by atoms with Crippen molar-refractivity contribution in [2.45, 2.75) is 71.3 Å². The monoisotopic (exact) mass is 603 g/mol. The van der Waals surface area contributed by atoms with Gasteiger partial charge in [-0.2, -0.15) is 0 Å². The fourth-order valence-electron chi connectivity index (χ4n) is 4.11. The van der Waals surface area contributed by atoms with Gasteiger partial charge in [-0.15, -0.1) is 0 Å². The van der Waals surface area contributed by atoms with Crippen molar-refractivity contribution in [3.8, 4) is 17.2 Å². The largest absolute Gasteiger partial charge is 0.513 e. The van der Waals surface area contributed by atoms with E-state index in [0.717, 1.165) is 25.7 Å². The maximum atomic E-state index is 12.4. The van der Waals surface area contributed by atoms with Crippen molar-refractivity contribution in [3.63, 3.8) is 0 Å². The first-order valence-electron chi connectivity index (χ1n) is 14.4. The van der Waals surface area contributed by atoms with Gasteiger partial charge in [0.25, 0.3) is 0 Å². The summed E-state index contributed by atoms with van der Waals surface area (Å²) in [5, 5.41) is 9.74. The summed E-state index contributed by atoms with van der Waals surface area (Å²) in [6.45, 7) is 5.70. The van der Waals surface area contributed by atoms with E-state index in [0.29, 0.717) is 18.4 Å². The molecule has 0 amide bonds. The Hall–Kier alpha value is -4.32. The number of benzene rings is 2. The van der Waals surface area contributed by atoms with Crippen molar-refractivity contribution in [1.82, 2.24) is 0 Å². The second-order valence-corrected chi connectivity index (χ2v) is 9.86. The van der Waals surface area contributed by atoms with E-state index in [1.807, 2.05) is 13.8 Å². The highest BCUT2D eigenvalue weighted by Gasteiger charge is 2.33. The summed E-state index contributed by atoms with van der Waals surface area (Å²) in [5.74, 6) is -2.95. The quantitative estimate of drug-likeness (QED) is 0.0878. The average Bonchev–Trinajstić information content (AvgIpc) is 2.98. The minimum Gasteiger partial charge on any atom is -0.480 e. The summed E-state index contributed by atoms with van der Waals surface area (Å²) in [4.78, 5) is 48.9. The molecule has 0 heterocycles. The van der Waals surface area contributed by atoms with Crippen LogP contribution in [0.4, 0.5) is 14.4 Å². The molecule has 3 N–H and O–H groups in total. The number of hydrogen-bond donors (Lipinski definition) is 2. The van der Waals surface area contributed by atoms with E-state index in [-0.39, 0.29) is 37.1 Å². The van der Waals surface area contributed by atoms with Gasteiger partial charge in [-0.3, -0.25) is 4.79 Å². The molecule has 2 unspecified atom stereocenters. The van der Waals surface area contributed by atoms with Crippen LogP contribution in [0.25, 0.3) is 0 Å². The Morgan fingerprint density at radius 3 is 1.86 bits per heavy atom. The first-order chi connectivity index (χ1) is 20.7. The SMILES string of the molecule is CCCCCOC(=O)Oc1ccc(C(C(C)COC(=O)Oc2ccccc2)[C@H](N)C(=O)O)cc1OC(=O)OCCCCC. The van der Waals surface area contributed by atoms with Crippen LogP contribution in [-0.4, -0.2) is 55.4 Å². The molecule has 0 aromatic heterocycles. The Kier molecular flexibility index (Phi) is 15.4. The van der Waals surface area contributed by atoms with E-state index in [4.69, 9.17) is 34.2 Å².